The number of para-hydroxylation sites is 2. The van der Waals surface area contributed by atoms with Gasteiger partial charge in [0.15, 0.2) is 0 Å². The van der Waals surface area contributed by atoms with Gasteiger partial charge in [-0.15, -0.1) is 0 Å². The van der Waals surface area contributed by atoms with Gasteiger partial charge in [0.1, 0.15) is 11.5 Å². The van der Waals surface area contributed by atoms with E-state index in [0.717, 1.165) is 54.8 Å². The fraction of sp³-hybridized carbons (Fsp3) is 0.500. The summed E-state index contributed by atoms with van der Waals surface area (Å²) in [5.41, 5.74) is 4.10. The minimum absolute atomic E-state index is 0.0421. The average Bonchev–Trinajstić information content (AvgIpc) is 3.48. The zero-order valence-electron chi connectivity index (χ0n) is 17.7. The molecule has 1 aliphatic carbocycles. The lowest BCUT2D eigenvalue weighted by atomic mass is 9.85. The van der Waals surface area contributed by atoms with Crippen LogP contribution in [-0.4, -0.2) is 44.5 Å². The van der Waals surface area contributed by atoms with Crippen LogP contribution in [0.25, 0.3) is 11.0 Å². The zero-order valence-corrected chi connectivity index (χ0v) is 17.7. The molecule has 1 aliphatic heterocycles. The van der Waals surface area contributed by atoms with Gasteiger partial charge in [0.05, 0.1) is 11.0 Å². The Morgan fingerprint density at radius 3 is 2.87 bits per heavy atom. The van der Waals surface area contributed by atoms with E-state index in [0.29, 0.717) is 5.92 Å². The van der Waals surface area contributed by atoms with E-state index >= 15 is 0 Å². The van der Waals surface area contributed by atoms with Crippen molar-refractivity contribution in [3.05, 3.63) is 53.6 Å². The number of benzene rings is 1. The van der Waals surface area contributed by atoms with Gasteiger partial charge in [-0.25, -0.2) is 4.98 Å². The highest BCUT2D eigenvalue weighted by atomic mass is 16.2. The van der Waals surface area contributed by atoms with Crippen LogP contribution in [0, 0.1) is 0 Å². The van der Waals surface area contributed by atoms with E-state index in [4.69, 9.17) is 4.98 Å². The number of carbonyl (C=O) groups is 1. The second-order valence-corrected chi connectivity index (χ2v) is 9.00. The monoisotopic (exact) mass is 405 g/mol. The molecular weight excluding hydrogens is 374 g/mol. The number of carbonyl (C=O) groups excluding carboxylic acids is 1. The molecule has 1 saturated carbocycles. The van der Waals surface area contributed by atoms with Crippen molar-refractivity contribution in [2.75, 3.05) is 13.1 Å². The number of nitrogens with zero attached hydrogens (tertiary/aromatic N) is 3. The summed E-state index contributed by atoms with van der Waals surface area (Å²) in [6.07, 6.45) is 8.88. The SMILES string of the molecule is Cn1cc(CN2CCCC2)cc1C(=O)NC1CCCC(c2nc3ccccc3[nH]2)C1. The van der Waals surface area contributed by atoms with Crippen LogP contribution in [-0.2, 0) is 13.6 Å². The summed E-state index contributed by atoms with van der Waals surface area (Å²) in [6.45, 7) is 3.28. The van der Waals surface area contributed by atoms with E-state index in [-0.39, 0.29) is 11.9 Å². The molecule has 1 saturated heterocycles. The van der Waals surface area contributed by atoms with Gasteiger partial charge in [-0.1, -0.05) is 18.6 Å². The van der Waals surface area contributed by atoms with E-state index in [1.54, 1.807) is 0 Å². The Morgan fingerprint density at radius 2 is 2.03 bits per heavy atom. The molecule has 2 N–H and O–H groups in total. The van der Waals surface area contributed by atoms with Crippen molar-refractivity contribution >= 4 is 16.9 Å². The Kier molecular flexibility index (Phi) is 5.34. The second-order valence-electron chi connectivity index (χ2n) is 9.00. The number of likely N-dealkylation sites (tertiary alicyclic amines) is 1. The van der Waals surface area contributed by atoms with Crippen molar-refractivity contribution in [3.8, 4) is 0 Å². The summed E-state index contributed by atoms with van der Waals surface area (Å²) in [7, 11) is 1.97. The molecule has 5 rings (SSSR count). The largest absolute Gasteiger partial charge is 0.348 e. The molecule has 6 nitrogen and oxygen atoms in total. The molecule has 2 aromatic heterocycles. The number of aromatic nitrogens is 3. The molecule has 3 aromatic rings. The molecular formula is C24H31N5O. The van der Waals surface area contributed by atoms with Crippen molar-refractivity contribution in [1.82, 2.24) is 24.8 Å². The number of nitrogens with one attached hydrogen (secondary N) is 2. The van der Waals surface area contributed by atoms with E-state index in [9.17, 15) is 4.79 Å². The number of aromatic amines is 1. The van der Waals surface area contributed by atoms with Crippen LogP contribution in [0.15, 0.2) is 36.5 Å². The predicted molar refractivity (Wildman–Crippen MR) is 118 cm³/mol. The van der Waals surface area contributed by atoms with Gasteiger partial charge < -0.3 is 14.9 Å². The third-order valence-corrected chi connectivity index (χ3v) is 6.70. The number of amides is 1. The number of hydrogen-bond acceptors (Lipinski definition) is 3. The molecule has 1 amide bonds. The van der Waals surface area contributed by atoms with Gasteiger partial charge >= 0.3 is 0 Å². The highest BCUT2D eigenvalue weighted by Gasteiger charge is 2.27. The summed E-state index contributed by atoms with van der Waals surface area (Å²) >= 11 is 0. The molecule has 158 valence electrons. The number of hydrogen-bond donors (Lipinski definition) is 2. The highest BCUT2D eigenvalue weighted by molar-refractivity contribution is 5.93. The first-order valence-electron chi connectivity index (χ1n) is 11.3. The molecule has 2 atom stereocenters. The normalized spacial score (nSPS) is 22.6. The minimum atomic E-state index is 0.0421. The first kappa shape index (κ1) is 19.4. The van der Waals surface area contributed by atoms with Crippen molar-refractivity contribution in [2.24, 2.45) is 7.05 Å². The van der Waals surface area contributed by atoms with Crippen molar-refractivity contribution < 1.29 is 4.79 Å². The Balaban J connectivity index is 1.24. The summed E-state index contributed by atoms with van der Waals surface area (Å²) in [6, 6.07) is 10.4. The van der Waals surface area contributed by atoms with Crippen molar-refractivity contribution in [2.45, 2.75) is 57.0 Å². The topological polar surface area (TPSA) is 66.0 Å². The molecule has 30 heavy (non-hydrogen) atoms. The van der Waals surface area contributed by atoms with Crippen LogP contribution in [0.4, 0.5) is 0 Å². The summed E-state index contributed by atoms with van der Waals surface area (Å²) in [5.74, 6) is 1.47. The van der Waals surface area contributed by atoms with Crippen LogP contribution in [0.1, 0.15) is 66.3 Å². The number of H-pyrrole nitrogens is 1. The fourth-order valence-electron chi connectivity index (χ4n) is 5.14. The van der Waals surface area contributed by atoms with E-state index in [1.165, 1.54) is 31.5 Å². The number of aryl methyl sites for hydroxylation is 1. The molecule has 2 aliphatic rings. The molecule has 0 spiro atoms. The lowest BCUT2D eigenvalue weighted by molar-refractivity contribution is 0.0916. The Labute approximate surface area is 177 Å². The molecule has 1 aromatic carbocycles. The number of rotatable bonds is 5. The van der Waals surface area contributed by atoms with Gasteiger partial charge in [0.2, 0.25) is 0 Å². The summed E-state index contributed by atoms with van der Waals surface area (Å²) < 4.78 is 1.97. The molecule has 6 heteroatoms. The summed E-state index contributed by atoms with van der Waals surface area (Å²) in [4.78, 5) is 23.8. The highest BCUT2D eigenvalue weighted by Crippen LogP contribution is 2.32. The van der Waals surface area contributed by atoms with Crippen LogP contribution < -0.4 is 5.32 Å². The maximum Gasteiger partial charge on any atom is 0.268 e. The van der Waals surface area contributed by atoms with Gasteiger partial charge in [0, 0.05) is 31.7 Å². The van der Waals surface area contributed by atoms with Crippen molar-refractivity contribution in [1.29, 1.82) is 0 Å². The first-order valence-corrected chi connectivity index (χ1v) is 11.3. The number of fused-ring (bicyclic) bond motifs is 1. The molecule has 3 heterocycles. The lowest BCUT2D eigenvalue weighted by Gasteiger charge is -2.28. The molecule has 0 bridgehead atoms. The fourth-order valence-corrected chi connectivity index (χ4v) is 5.14. The molecule has 2 unspecified atom stereocenters. The van der Waals surface area contributed by atoms with E-state index < -0.39 is 0 Å². The van der Waals surface area contributed by atoms with Crippen LogP contribution in [0.5, 0.6) is 0 Å². The second kappa shape index (κ2) is 8.26. The van der Waals surface area contributed by atoms with Gasteiger partial charge in [-0.2, -0.15) is 0 Å². The van der Waals surface area contributed by atoms with Crippen LogP contribution >= 0.6 is 0 Å². The van der Waals surface area contributed by atoms with Crippen LogP contribution in [0.3, 0.4) is 0 Å². The molecule has 2 fully saturated rings. The van der Waals surface area contributed by atoms with Gasteiger partial charge in [0.25, 0.3) is 5.91 Å². The average molecular weight is 406 g/mol. The maximum absolute atomic E-state index is 13.0. The smallest absolute Gasteiger partial charge is 0.268 e. The third kappa shape index (κ3) is 4.01. The lowest BCUT2D eigenvalue weighted by Crippen LogP contribution is -2.38. The molecule has 0 radical (unpaired) electrons. The van der Waals surface area contributed by atoms with Gasteiger partial charge in [-0.3, -0.25) is 9.69 Å². The first-order chi connectivity index (χ1) is 14.7. The Bertz CT molecular complexity index is 996. The quantitative estimate of drug-likeness (QED) is 0.675. The minimum Gasteiger partial charge on any atom is -0.348 e. The van der Waals surface area contributed by atoms with E-state index in [1.807, 2.05) is 29.8 Å². The number of imidazole rings is 1. The Hall–Kier alpha value is -2.60. The maximum atomic E-state index is 13.0. The standard InChI is InChI=1S/C24H31N5O/c1-28-15-17(16-29-11-4-5-12-29)13-22(28)24(30)25-19-8-6-7-18(14-19)23-26-20-9-2-3-10-21(20)27-23/h2-3,9-10,13,15,18-19H,4-8,11-12,14,16H2,1H3,(H,25,30)(H,26,27). The van der Waals surface area contributed by atoms with Crippen LogP contribution in [0.2, 0.25) is 0 Å². The van der Waals surface area contributed by atoms with Crippen molar-refractivity contribution in [3.63, 3.8) is 0 Å². The zero-order chi connectivity index (χ0) is 20.5. The predicted octanol–water partition coefficient (Wildman–Crippen LogP) is 3.95. The van der Waals surface area contributed by atoms with Gasteiger partial charge in [-0.05, 0) is 69.0 Å². The van der Waals surface area contributed by atoms with E-state index in [2.05, 4.69) is 33.5 Å². The summed E-state index contributed by atoms with van der Waals surface area (Å²) in [5, 5.41) is 3.30. The Morgan fingerprint density at radius 1 is 1.20 bits per heavy atom. The third-order valence-electron chi connectivity index (χ3n) is 6.70.